The van der Waals surface area contributed by atoms with Gasteiger partial charge in [0, 0.05) is 18.2 Å². The Kier molecular flexibility index (Phi) is 8.13. The van der Waals surface area contributed by atoms with Crippen molar-refractivity contribution >= 4 is 23.0 Å². The Bertz CT molecular complexity index is 1660. The van der Waals surface area contributed by atoms with Gasteiger partial charge in [-0.15, -0.1) is 0 Å². The van der Waals surface area contributed by atoms with E-state index in [0.29, 0.717) is 11.1 Å². The normalized spacial score (nSPS) is 22.3. The third-order valence-electron chi connectivity index (χ3n) is 6.64. The number of aliphatic hydroxyl groups excluding tert-OH is 3. The van der Waals surface area contributed by atoms with Gasteiger partial charge in [-0.25, -0.2) is 4.79 Å². The fourth-order valence-corrected chi connectivity index (χ4v) is 4.45. The first-order valence-corrected chi connectivity index (χ1v) is 12.7. The number of esters is 1. The topological polar surface area (TPSA) is 196 Å². The minimum atomic E-state index is -1.73. The van der Waals surface area contributed by atoms with Gasteiger partial charge >= 0.3 is 5.97 Å². The second-order valence-corrected chi connectivity index (χ2v) is 9.49. The Balaban J connectivity index is 1.41. The predicted octanol–water partition coefficient (Wildman–Crippen LogP) is 2.02. The van der Waals surface area contributed by atoms with Gasteiger partial charge in [-0.05, 0) is 41.5 Å². The summed E-state index contributed by atoms with van der Waals surface area (Å²) in [5.74, 6) is -1.48. The average Bonchev–Trinajstić information content (AvgIpc) is 2.97. The van der Waals surface area contributed by atoms with Crippen molar-refractivity contribution in [3.8, 4) is 34.1 Å². The molecule has 1 fully saturated rings. The van der Waals surface area contributed by atoms with Gasteiger partial charge in [0.1, 0.15) is 58.5 Å². The quantitative estimate of drug-likeness (QED) is 0.138. The summed E-state index contributed by atoms with van der Waals surface area (Å²) >= 11 is 0. The maximum atomic E-state index is 13.1. The number of fused-ring (bicyclic) bond motifs is 1. The molecule has 0 bridgehead atoms. The third kappa shape index (κ3) is 5.92. The van der Waals surface area contributed by atoms with Gasteiger partial charge in [0.25, 0.3) is 0 Å². The highest BCUT2D eigenvalue weighted by atomic mass is 16.7. The number of carbonyl (C=O) groups is 1. The number of hydrogen-bond acceptors (Lipinski definition) is 12. The number of phenols is 3. The van der Waals surface area contributed by atoms with Crippen LogP contribution in [0.3, 0.4) is 0 Å². The largest absolute Gasteiger partial charge is 0.508 e. The van der Waals surface area contributed by atoms with Gasteiger partial charge in [0.2, 0.25) is 11.7 Å². The molecule has 12 nitrogen and oxygen atoms in total. The zero-order valence-corrected chi connectivity index (χ0v) is 21.7. The molecule has 0 saturated carbocycles. The maximum absolute atomic E-state index is 13.1. The number of aliphatic hydroxyl groups is 3. The fourth-order valence-electron chi connectivity index (χ4n) is 4.45. The number of hydrogen-bond donors (Lipinski definition) is 6. The van der Waals surface area contributed by atoms with E-state index in [4.69, 9.17) is 18.6 Å². The van der Waals surface area contributed by atoms with Gasteiger partial charge in [-0.1, -0.05) is 24.3 Å². The molecule has 6 N–H and O–H groups in total. The van der Waals surface area contributed by atoms with E-state index >= 15 is 0 Å². The first kappa shape index (κ1) is 28.6. The Labute approximate surface area is 237 Å². The zero-order chi connectivity index (χ0) is 30.0. The van der Waals surface area contributed by atoms with E-state index in [-0.39, 0.29) is 33.8 Å². The number of benzene rings is 3. The highest BCUT2D eigenvalue weighted by molar-refractivity contribution is 5.88. The van der Waals surface area contributed by atoms with Gasteiger partial charge < -0.3 is 49.3 Å². The molecular weight excluding hydrogens is 552 g/mol. The van der Waals surface area contributed by atoms with E-state index in [1.807, 2.05) is 0 Å². The first-order valence-electron chi connectivity index (χ1n) is 12.7. The molecule has 5 atom stereocenters. The SMILES string of the molecule is O=C(C=Cc1ccc(O)cc1)OC1C(Oc2cc(O)c3c(=O)c(-c4ccc(O)cc4)coc3c2)OC(CO)C(O)C1O. The third-order valence-corrected chi connectivity index (χ3v) is 6.64. The molecule has 0 aliphatic carbocycles. The van der Waals surface area contributed by atoms with E-state index in [1.165, 1.54) is 54.8 Å². The highest BCUT2D eigenvalue weighted by Gasteiger charge is 2.48. The summed E-state index contributed by atoms with van der Waals surface area (Å²) in [5.41, 5.74) is 0.548. The van der Waals surface area contributed by atoms with Crippen molar-refractivity contribution in [2.75, 3.05) is 6.61 Å². The molecule has 1 aromatic heterocycles. The van der Waals surface area contributed by atoms with Crippen LogP contribution >= 0.6 is 0 Å². The zero-order valence-electron chi connectivity index (χ0n) is 21.7. The molecule has 3 aromatic carbocycles. The van der Waals surface area contributed by atoms with E-state index in [1.54, 1.807) is 12.1 Å². The van der Waals surface area contributed by atoms with Crippen molar-refractivity contribution in [1.82, 2.24) is 0 Å². The van der Waals surface area contributed by atoms with Crippen molar-refractivity contribution < 1.29 is 54.1 Å². The first-order chi connectivity index (χ1) is 20.1. The Hall–Kier alpha value is -4.88. The number of phenolic OH excluding ortho intramolecular Hbond substituents is 3. The molecule has 0 spiro atoms. The smallest absolute Gasteiger partial charge is 0.331 e. The number of ether oxygens (including phenoxy) is 3. The van der Waals surface area contributed by atoms with E-state index in [9.17, 15) is 40.2 Å². The van der Waals surface area contributed by atoms with Crippen molar-refractivity contribution in [2.24, 2.45) is 0 Å². The van der Waals surface area contributed by atoms with Crippen molar-refractivity contribution in [2.45, 2.75) is 30.7 Å². The second-order valence-electron chi connectivity index (χ2n) is 9.49. The Morgan fingerprint density at radius 3 is 2.26 bits per heavy atom. The van der Waals surface area contributed by atoms with Crippen LogP contribution in [0.15, 0.2) is 82.2 Å². The van der Waals surface area contributed by atoms with Gasteiger partial charge in [-0.3, -0.25) is 4.79 Å². The lowest BCUT2D eigenvalue weighted by Gasteiger charge is -2.41. The Morgan fingerprint density at radius 1 is 0.929 bits per heavy atom. The molecule has 42 heavy (non-hydrogen) atoms. The van der Waals surface area contributed by atoms with Crippen LogP contribution in [0.1, 0.15) is 5.56 Å². The molecule has 12 heteroatoms. The van der Waals surface area contributed by atoms with Crippen LogP contribution in [0.4, 0.5) is 0 Å². The number of rotatable bonds is 7. The molecule has 0 amide bonds. The van der Waals surface area contributed by atoms with Crippen LogP contribution in [0.5, 0.6) is 23.0 Å². The van der Waals surface area contributed by atoms with Gasteiger partial charge in [0.05, 0.1) is 12.2 Å². The monoisotopic (exact) mass is 578 g/mol. The van der Waals surface area contributed by atoms with Crippen molar-refractivity contribution in [1.29, 1.82) is 0 Å². The summed E-state index contributed by atoms with van der Waals surface area (Å²) in [6.45, 7) is -0.697. The lowest BCUT2D eigenvalue weighted by Crippen LogP contribution is -2.61. The number of carbonyl (C=O) groups excluding carboxylic acids is 1. The standard InChI is InChI=1S/C30H26O12/c31-13-23-27(37)28(38)29(42-24(35)10-3-15-1-6-17(32)7-2-15)30(41-23)40-19-11-21(34)25-22(12-19)39-14-20(26(25)36)16-4-8-18(33)9-5-16/h1-12,14,23,27-34,37-38H,13H2. The minimum absolute atomic E-state index is 0.0110. The summed E-state index contributed by atoms with van der Waals surface area (Å²) in [5, 5.41) is 60.2. The lowest BCUT2D eigenvalue weighted by molar-refractivity contribution is -0.281. The summed E-state index contributed by atoms with van der Waals surface area (Å²) < 4.78 is 22.3. The molecule has 0 radical (unpaired) electrons. The van der Waals surface area contributed by atoms with E-state index in [0.717, 1.165) is 12.1 Å². The predicted molar refractivity (Wildman–Crippen MR) is 147 cm³/mol. The van der Waals surface area contributed by atoms with Crippen molar-refractivity contribution in [3.05, 3.63) is 88.8 Å². The van der Waals surface area contributed by atoms with E-state index < -0.39 is 54.5 Å². The molecule has 5 unspecified atom stereocenters. The average molecular weight is 579 g/mol. The molecule has 1 saturated heterocycles. The van der Waals surface area contributed by atoms with Crippen LogP contribution < -0.4 is 10.2 Å². The summed E-state index contributed by atoms with van der Waals surface area (Å²) in [4.78, 5) is 25.7. The number of aromatic hydroxyl groups is 3. The Morgan fingerprint density at radius 2 is 1.60 bits per heavy atom. The van der Waals surface area contributed by atoms with Gasteiger partial charge in [0.15, 0.2) is 6.10 Å². The highest BCUT2D eigenvalue weighted by Crippen LogP contribution is 2.33. The molecule has 5 rings (SSSR count). The molecule has 218 valence electrons. The maximum Gasteiger partial charge on any atom is 0.331 e. The minimum Gasteiger partial charge on any atom is -0.508 e. The second kappa shape index (κ2) is 11.9. The van der Waals surface area contributed by atoms with Crippen LogP contribution in [0.25, 0.3) is 28.2 Å². The molecule has 1 aliphatic rings. The summed E-state index contributed by atoms with van der Waals surface area (Å²) in [7, 11) is 0. The summed E-state index contributed by atoms with van der Waals surface area (Å²) in [6, 6.07) is 14.2. The fraction of sp³-hybridized carbons (Fsp3) is 0.200. The molecule has 2 heterocycles. The van der Waals surface area contributed by atoms with Crippen LogP contribution in [0, 0.1) is 0 Å². The van der Waals surface area contributed by atoms with Crippen LogP contribution in [-0.4, -0.2) is 73.9 Å². The van der Waals surface area contributed by atoms with Crippen molar-refractivity contribution in [3.63, 3.8) is 0 Å². The van der Waals surface area contributed by atoms with Gasteiger partial charge in [-0.2, -0.15) is 0 Å². The molecule has 1 aliphatic heterocycles. The molecule has 4 aromatic rings. The summed E-state index contributed by atoms with van der Waals surface area (Å²) in [6.07, 6.45) is -4.16. The van der Waals surface area contributed by atoms with E-state index in [2.05, 4.69) is 0 Å². The van der Waals surface area contributed by atoms with Crippen LogP contribution in [0.2, 0.25) is 0 Å². The lowest BCUT2D eigenvalue weighted by atomic mass is 9.99. The molecular formula is C30H26O12. The van der Waals surface area contributed by atoms with Crippen LogP contribution in [-0.2, 0) is 14.3 Å².